The van der Waals surface area contributed by atoms with Crippen LogP contribution in [0.3, 0.4) is 0 Å². The number of furan rings is 1. The van der Waals surface area contributed by atoms with Gasteiger partial charge in [0, 0.05) is 33.4 Å². The summed E-state index contributed by atoms with van der Waals surface area (Å²) < 4.78 is 6.41. The monoisotopic (exact) mass is 739 g/mol. The minimum atomic E-state index is 0.907. The normalized spacial score (nSPS) is 11.4. The molecule has 0 fully saturated rings. The van der Waals surface area contributed by atoms with Crippen molar-refractivity contribution in [2.75, 3.05) is 4.90 Å². The van der Waals surface area contributed by atoms with Gasteiger partial charge in [0.05, 0.1) is 0 Å². The highest BCUT2D eigenvalue weighted by Crippen LogP contribution is 2.40. The van der Waals surface area contributed by atoms with E-state index < -0.39 is 0 Å². The Labute approximate surface area is 337 Å². The van der Waals surface area contributed by atoms with Gasteiger partial charge in [-0.1, -0.05) is 170 Å². The lowest BCUT2D eigenvalue weighted by molar-refractivity contribution is 0.670. The fraction of sp³-hybridized carbons (Fsp3) is 0. The Kier molecular flexibility index (Phi) is 8.19. The fourth-order valence-corrected chi connectivity index (χ4v) is 8.41. The number of fused-ring (bicyclic) bond motifs is 5. The van der Waals surface area contributed by atoms with Gasteiger partial charge in [-0.25, -0.2) is 0 Å². The molecule has 0 bridgehead atoms. The maximum Gasteiger partial charge on any atom is 0.143 e. The first-order chi connectivity index (χ1) is 28.7. The maximum absolute atomic E-state index is 6.41. The second kappa shape index (κ2) is 14.1. The van der Waals surface area contributed by atoms with Crippen LogP contribution in [-0.2, 0) is 0 Å². The molecule has 272 valence electrons. The number of rotatable bonds is 7. The molecule has 0 aliphatic heterocycles. The third kappa shape index (κ3) is 6.09. The molecule has 0 spiro atoms. The van der Waals surface area contributed by atoms with E-state index in [1.165, 1.54) is 54.9 Å². The Morgan fingerprint density at radius 1 is 0.276 bits per heavy atom. The van der Waals surface area contributed by atoms with Crippen LogP contribution in [0.15, 0.2) is 229 Å². The van der Waals surface area contributed by atoms with E-state index >= 15 is 0 Å². The molecule has 0 unspecified atom stereocenters. The number of hydrogen-bond acceptors (Lipinski definition) is 2. The van der Waals surface area contributed by atoms with E-state index in [9.17, 15) is 0 Å². The van der Waals surface area contributed by atoms with E-state index in [0.717, 1.165) is 50.1 Å². The highest BCUT2D eigenvalue weighted by atomic mass is 16.3. The van der Waals surface area contributed by atoms with E-state index in [1.807, 2.05) is 12.1 Å². The Balaban J connectivity index is 0.939. The maximum atomic E-state index is 6.41. The van der Waals surface area contributed by atoms with Crippen molar-refractivity contribution in [1.29, 1.82) is 0 Å². The van der Waals surface area contributed by atoms with E-state index in [2.05, 4.69) is 217 Å². The molecule has 0 radical (unpaired) electrons. The molecule has 0 aliphatic carbocycles. The smallest absolute Gasteiger partial charge is 0.143 e. The molecule has 0 atom stereocenters. The van der Waals surface area contributed by atoms with Crippen LogP contribution in [0.1, 0.15) is 0 Å². The first kappa shape index (κ1) is 33.6. The number of para-hydroxylation sites is 2. The molecular formula is C56H37NO. The summed E-state index contributed by atoms with van der Waals surface area (Å²) in [6, 6.07) is 80.7. The third-order valence-electron chi connectivity index (χ3n) is 11.5. The van der Waals surface area contributed by atoms with E-state index in [1.54, 1.807) is 0 Å². The van der Waals surface area contributed by atoms with Gasteiger partial charge in [-0.2, -0.15) is 0 Å². The highest BCUT2D eigenvalue weighted by molar-refractivity contribution is 6.09. The molecule has 0 saturated heterocycles. The lowest BCUT2D eigenvalue weighted by atomic mass is 9.98. The summed E-state index contributed by atoms with van der Waals surface area (Å²) in [5, 5.41) is 7.28. The first-order valence-corrected chi connectivity index (χ1v) is 19.8. The summed E-state index contributed by atoms with van der Waals surface area (Å²) >= 11 is 0. The minimum absolute atomic E-state index is 0.907. The van der Waals surface area contributed by atoms with Crippen molar-refractivity contribution >= 4 is 60.5 Å². The largest absolute Gasteiger partial charge is 0.455 e. The van der Waals surface area contributed by atoms with Gasteiger partial charge in [0.25, 0.3) is 0 Å². The van der Waals surface area contributed by atoms with Crippen LogP contribution in [0.2, 0.25) is 0 Å². The zero-order valence-electron chi connectivity index (χ0n) is 31.7. The van der Waals surface area contributed by atoms with Crippen molar-refractivity contribution < 1.29 is 4.42 Å². The molecule has 0 N–H and O–H groups in total. The number of hydrogen-bond donors (Lipinski definition) is 0. The molecule has 11 aromatic rings. The lowest BCUT2D eigenvalue weighted by Crippen LogP contribution is -2.09. The average Bonchev–Trinajstić information content (AvgIpc) is 3.69. The summed E-state index contributed by atoms with van der Waals surface area (Å²) in [6.45, 7) is 0. The SMILES string of the molecule is c1ccc2cc(-c3ccc(-c4ccc(N(c5ccc(-c6ccc7ccccc7c6)cc5)c5ccc(-c6cccc7c6oc6ccccc67)cc5)cc4)cc3)ccc2c1. The molecular weight excluding hydrogens is 703 g/mol. The quantitative estimate of drug-likeness (QED) is 0.162. The van der Waals surface area contributed by atoms with Crippen LogP contribution >= 0.6 is 0 Å². The predicted octanol–water partition coefficient (Wildman–Crippen LogP) is 16.0. The van der Waals surface area contributed by atoms with Crippen molar-refractivity contribution in [3.63, 3.8) is 0 Å². The van der Waals surface area contributed by atoms with Gasteiger partial charge < -0.3 is 9.32 Å². The summed E-state index contributed by atoms with van der Waals surface area (Å²) in [4.78, 5) is 2.34. The van der Waals surface area contributed by atoms with Gasteiger partial charge in [0.2, 0.25) is 0 Å². The summed E-state index contributed by atoms with van der Waals surface area (Å²) in [5.74, 6) is 0. The minimum Gasteiger partial charge on any atom is -0.455 e. The summed E-state index contributed by atoms with van der Waals surface area (Å²) in [6.07, 6.45) is 0. The molecule has 0 saturated carbocycles. The van der Waals surface area contributed by atoms with Crippen molar-refractivity contribution in [3.05, 3.63) is 224 Å². The van der Waals surface area contributed by atoms with Gasteiger partial charge in [-0.3, -0.25) is 0 Å². The molecule has 0 aliphatic rings. The zero-order valence-corrected chi connectivity index (χ0v) is 31.7. The molecule has 1 heterocycles. The fourth-order valence-electron chi connectivity index (χ4n) is 8.41. The first-order valence-electron chi connectivity index (χ1n) is 19.8. The van der Waals surface area contributed by atoms with Gasteiger partial charge in [0.1, 0.15) is 11.2 Å². The van der Waals surface area contributed by atoms with Crippen LogP contribution in [0.4, 0.5) is 17.1 Å². The van der Waals surface area contributed by atoms with Crippen molar-refractivity contribution in [2.45, 2.75) is 0 Å². The number of anilines is 3. The Hall–Kier alpha value is -7.68. The van der Waals surface area contributed by atoms with E-state index in [4.69, 9.17) is 4.42 Å². The molecule has 2 nitrogen and oxygen atoms in total. The molecule has 0 amide bonds. The predicted molar refractivity (Wildman–Crippen MR) is 245 cm³/mol. The van der Waals surface area contributed by atoms with Crippen LogP contribution in [0.5, 0.6) is 0 Å². The molecule has 11 rings (SSSR count). The highest BCUT2D eigenvalue weighted by Gasteiger charge is 2.16. The van der Waals surface area contributed by atoms with Crippen LogP contribution < -0.4 is 4.90 Å². The molecule has 2 heteroatoms. The second-order valence-corrected chi connectivity index (χ2v) is 15.0. The standard InChI is InChI=1S/C56H37NO/c1-3-10-45-36-47(22-20-38(45)8-1)42-18-16-40(17-19-42)41-24-30-49(31-25-41)57(50-32-26-43(27-33-50)48-23-21-39-9-2-4-11-46(39)37-48)51-34-28-44(29-35-51)52-13-7-14-54-53-12-5-6-15-55(53)58-56(52)54/h1-37H. The van der Waals surface area contributed by atoms with Crippen molar-refractivity contribution in [1.82, 2.24) is 0 Å². The van der Waals surface area contributed by atoms with Gasteiger partial charge in [-0.15, -0.1) is 0 Å². The summed E-state index contributed by atoms with van der Waals surface area (Å²) in [7, 11) is 0. The lowest BCUT2D eigenvalue weighted by Gasteiger charge is -2.26. The molecule has 10 aromatic carbocycles. The number of nitrogens with zero attached hydrogens (tertiary/aromatic N) is 1. The van der Waals surface area contributed by atoms with Gasteiger partial charge in [0.15, 0.2) is 0 Å². The Morgan fingerprint density at radius 2 is 0.672 bits per heavy atom. The van der Waals surface area contributed by atoms with E-state index in [0.29, 0.717) is 0 Å². The van der Waals surface area contributed by atoms with Crippen molar-refractivity contribution in [3.8, 4) is 44.5 Å². The molecule has 58 heavy (non-hydrogen) atoms. The second-order valence-electron chi connectivity index (χ2n) is 15.0. The Morgan fingerprint density at radius 3 is 1.21 bits per heavy atom. The topological polar surface area (TPSA) is 16.4 Å². The average molecular weight is 740 g/mol. The zero-order chi connectivity index (χ0) is 38.4. The Bertz CT molecular complexity index is 3250. The van der Waals surface area contributed by atoms with Gasteiger partial charge in [-0.05, 0) is 115 Å². The van der Waals surface area contributed by atoms with Crippen LogP contribution in [0, 0.1) is 0 Å². The van der Waals surface area contributed by atoms with Crippen LogP contribution in [-0.4, -0.2) is 0 Å². The van der Waals surface area contributed by atoms with Gasteiger partial charge >= 0.3 is 0 Å². The number of benzene rings is 10. The molecule has 1 aromatic heterocycles. The van der Waals surface area contributed by atoms with Crippen LogP contribution in [0.25, 0.3) is 88.0 Å². The summed E-state index contributed by atoms with van der Waals surface area (Å²) in [5.41, 5.74) is 14.5. The third-order valence-corrected chi connectivity index (χ3v) is 11.5. The van der Waals surface area contributed by atoms with Crippen molar-refractivity contribution in [2.24, 2.45) is 0 Å². The van der Waals surface area contributed by atoms with E-state index in [-0.39, 0.29) is 0 Å².